The van der Waals surface area contributed by atoms with E-state index in [0.29, 0.717) is 42.3 Å². The summed E-state index contributed by atoms with van der Waals surface area (Å²) in [4.78, 5) is 25.5. The van der Waals surface area contributed by atoms with E-state index in [0.717, 1.165) is 25.0 Å². The number of rotatable bonds is 12. The molecule has 0 aromatic carbocycles. The van der Waals surface area contributed by atoms with Gasteiger partial charge in [0.15, 0.2) is 0 Å². The van der Waals surface area contributed by atoms with Crippen LogP contribution >= 0.6 is 11.8 Å². The molecule has 0 bridgehead atoms. The van der Waals surface area contributed by atoms with Gasteiger partial charge in [-0.1, -0.05) is 41.0 Å². The highest BCUT2D eigenvalue weighted by Crippen LogP contribution is 2.39. The summed E-state index contributed by atoms with van der Waals surface area (Å²) >= 11 is 1.70. The number of thioether (sulfide) groups is 1. The fourth-order valence-corrected chi connectivity index (χ4v) is 5.07. The van der Waals surface area contributed by atoms with Crippen LogP contribution in [0.1, 0.15) is 79.6 Å². The zero-order valence-electron chi connectivity index (χ0n) is 19.0. The van der Waals surface area contributed by atoms with Gasteiger partial charge in [0.2, 0.25) is 5.91 Å². The third-order valence-corrected chi connectivity index (χ3v) is 6.89. The average molecular weight is 413 g/mol. The smallest absolute Gasteiger partial charge is 0.237 e. The molecule has 0 aromatic rings. The first-order chi connectivity index (χ1) is 13.1. The highest BCUT2D eigenvalue weighted by molar-refractivity contribution is 7.98. The summed E-state index contributed by atoms with van der Waals surface area (Å²) in [6, 6.07) is -0.419. The number of carbonyl (C=O) groups is 2. The Hall–Kier alpha value is -0.550. The first kappa shape index (κ1) is 25.5. The van der Waals surface area contributed by atoms with E-state index in [1.165, 1.54) is 12.8 Å². The first-order valence-corrected chi connectivity index (χ1v) is 12.6. The molecule has 1 amide bonds. The Balaban J connectivity index is 2.65. The standard InChI is InChI=1S/C23H44N2O2S/c1-15(2)13-18(25-23(27)21(24)11-12-28-6)8-10-22(26)20-14-17(5)7-9-19(20)16(3)4/h15-21H,7-14,24H2,1-6H3,(H,25,27)/t17-,18-,19+,20-,21+/m1/s1. The monoisotopic (exact) mass is 412 g/mol. The van der Waals surface area contributed by atoms with Crippen LogP contribution in [0, 0.1) is 29.6 Å². The molecular formula is C23H44N2O2S. The van der Waals surface area contributed by atoms with E-state index < -0.39 is 6.04 Å². The number of hydrogen-bond acceptors (Lipinski definition) is 4. The SMILES string of the molecule is CSCC[C@H](N)C(=O)N[C@H](CCC(=O)[C@@H]1C[C@H](C)CC[C@H]1C(C)C)CC(C)C. The van der Waals surface area contributed by atoms with E-state index in [9.17, 15) is 9.59 Å². The summed E-state index contributed by atoms with van der Waals surface area (Å²) in [5.74, 6) is 3.61. The molecule has 0 aliphatic heterocycles. The topological polar surface area (TPSA) is 72.2 Å². The minimum absolute atomic E-state index is 0.0373. The molecule has 5 atom stereocenters. The third-order valence-electron chi connectivity index (χ3n) is 6.25. The lowest BCUT2D eigenvalue weighted by Crippen LogP contribution is -2.46. The molecule has 0 aromatic heterocycles. The number of carbonyl (C=O) groups excluding carboxylic acids is 2. The van der Waals surface area contributed by atoms with Gasteiger partial charge in [-0.2, -0.15) is 11.8 Å². The van der Waals surface area contributed by atoms with E-state index >= 15 is 0 Å². The van der Waals surface area contributed by atoms with Gasteiger partial charge >= 0.3 is 0 Å². The second-order valence-electron chi connectivity index (χ2n) is 9.66. The molecule has 4 nitrogen and oxygen atoms in total. The van der Waals surface area contributed by atoms with E-state index in [4.69, 9.17) is 5.73 Å². The lowest BCUT2D eigenvalue weighted by atomic mass is 9.68. The molecule has 0 saturated heterocycles. The van der Waals surface area contributed by atoms with Crippen molar-refractivity contribution >= 4 is 23.5 Å². The molecule has 0 unspecified atom stereocenters. The summed E-state index contributed by atoms with van der Waals surface area (Å²) in [5, 5.41) is 3.13. The first-order valence-electron chi connectivity index (χ1n) is 11.2. The molecule has 0 radical (unpaired) electrons. The lowest BCUT2D eigenvalue weighted by Gasteiger charge is -2.36. The summed E-state index contributed by atoms with van der Waals surface area (Å²) < 4.78 is 0. The molecule has 0 spiro atoms. The molecule has 1 aliphatic rings. The van der Waals surface area contributed by atoms with Crippen molar-refractivity contribution in [3.05, 3.63) is 0 Å². The number of amides is 1. The van der Waals surface area contributed by atoms with E-state index in [2.05, 4.69) is 39.9 Å². The van der Waals surface area contributed by atoms with Crippen molar-refractivity contribution in [2.24, 2.45) is 35.3 Å². The third kappa shape index (κ3) is 8.86. The van der Waals surface area contributed by atoms with Crippen molar-refractivity contribution < 1.29 is 9.59 Å². The maximum absolute atomic E-state index is 13.1. The van der Waals surface area contributed by atoms with E-state index in [1.54, 1.807) is 11.8 Å². The molecular weight excluding hydrogens is 368 g/mol. The highest BCUT2D eigenvalue weighted by Gasteiger charge is 2.35. The zero-order valence-corrected chi connectivity index (χ0v) is 19.8. The van der Waals surface area contributed by atoms with Crippen LogP contribution in [0.3, 0.4) is 0 Å². The summed E-state index contributed by atoms with van der Waals surface area (Å²) in [6.07, 6.45) is 8.35. The quantitative estimate of drug-likeness (QED) is 0.489. The van der Waals surface area contributed by atoms with Crippen molar-refractivity contribution in [3.63, 3.8) is 0 Å². The van der Waals surface area contributed by atoms with Crippen molar-refractivity contribution in [2.75, 3.05) is 12.0 Å². The maximum Gasteiger partial charge on any atom is 0.237 e. The molecule has 5 heteroatoms. The lowest BCUT2D eigenvalue weighted by molar-refractivity contribution is -0.128. The Bertz CT molecular complexity index is 481. The largest absolute Gasteiger partial charge is 0.352 e. The van der Waals surface area contributed by atoms with Gasteiger partial charge in [-0.25, -0.2) is 0 Å². The highest BCUT2D eigenvalue weighted by atomic mass is 32.2. The molecule has 28 heavy (non-hydrogen) atoms. The maximum atomic E-state index is 13.1. The normalized spacial score (nSPS) is 25.0. The van der Waals surface area contributed by atoms with Gasteiger partial charge < -0.3 is 11.1 Å². The summed E-state index contributed by atoms with van der Waals surface area (Å²) in [7, 11) is 0. The van der Waals surface area contributed by atoms with Crippen LogP contribution in [0.4, 0.5) is 0 Å². The number of ketones is 1. The van der Waals surface area contributed by atoms with Gasteiger partial charge in [-0.15, -0.1) is 0 Å². The van der Waals surface area contributed by atoms with Crippen molar-refractivity contribution in [3.8, 4) is 0 Å². The zero-order chi connectivity index (χ0) is 21.3. The number of nitrogens with two attached hydrogens (primary N) is 1. The fraction of sp³-hybridized carbons (Fsp3) is 0.913. The van der Waals surface area contributed by atoms with Crippen molar-refractivity contribution in [1.82, 2.24) is 5.32 Å². The molecule has 164 valence electrons. The molecule has 1 aliphatic carbocycles. The van der Waals surface area contributed by atoms with Crippen molar-refractivity contribution in [2.45, 2.75) is 91.6 Å². The molecule has 1 rings (SSSR count). The van der Waals surface area contributed by atoms with Crippen LogP contribution in [-0.4, -0.2) is 35.8 Å². The Morgan fingerprint density at radius 3 is 2.39 bits per heavy atom. The van der Waals surface area contributed by atoms with Crippen molar-refractivity contribution in [1.29, 1.82) is 0 Å². The van der Waals surface area contributed by atoms with Crippen LogP contribution in [-0.2, 0) is 9.59 Å². The number of Topliss-reactive ketones (excluding diaryl/α,β-unsaturated/α-hetero) is 1. The predicted molar refractivity (Wildman–Crippen MR) is 121 cm³/mol. The predicted octanol–water partition coefficient (Wildman–Crippen LogP) is 4.66. The van der Waals surface area contributed by atoms with Gasteiger partial charge in [0.1, 0.15) is 5.78 Å². The molecule has 1 fully saturated rings. The van der Waals surface area contributed by atoms with Gasteiger partial charge in [0.05, 0.1) is 6.04 Å². The van der Waals surface area contributed by atoms with Gasteiger partial charge in [0.25, 0.3) is 0 Å². The van der Waals surface area contributed by atoms with Gasteiger partial charge in [0, 0.05) is 18.4 Å². The van der Waals surface area contributed by atoms with Crippen LogP contribution < -0.4 is 11.1 Å². The second kappa shape index (κ2) is 12.9. The fourth-order valence-electron chi connectivity index (χ4n) is 4.58. The van der Waals surface area contributed by atoms with Crippen LogP contribution in [0.5, 0.6) is 0 Å². The van der Waals surface area contributed by atoms with E-state index in [1.807, 2.05) is 6.26 Å². The Morgan fingerprint density at radius 1 is 1.14 bits per heavy atom. The summed E-state index contributed by atoms with van der Waals surface area (Å²) in [5.41, 5.74) is 6.03. The molecule has 0 heterocycles. The summed E-state index contributed by atoms with van der Waals surface area (Å²) in [6.45, 7) is 11.1. The minimum Gasteiger partial charge on any atom is -0.352 e. The minimum atomic E-state index is -0.456. The number of nitrogens with one attached hydrogen (secondary N) is 1. The Morgan fingerprint density at radius 2 is 1.82 bits per heavy atom. The second-order valence-corrected chi connectivity index (χ2v) is 10.6. The van der Waals surface area contributed by atoms with Gasteiger partial charge in [-0.05, 0) is 67.8 Å². The molecule has 1 saturated carbocycles. The average Bonchev–Trinajstić information content (AvgIpc) is 2.62. The molecule has 3 N–H and O–H groups in total. The van der Waals surface area contributed by atoms with Crippen LogP contribution in [0.25, 0.3) is 0 Å². The van der Waals surface area contributed by atoms with Crippen LogP contribution in [0.15, 0.2) is 0 Å². The number of hydrogen-bond donors (Lipinski definition) is 2. The Labute approximate surface area is 177 Å². The van der Waals surface area contributed by atoms with Crippen LogP contribution in [0.2, 0.25) is 0 Å². The Kier molecular flexibility index (Phi) is 11.7. The van der Waals surface area contributed by atoms with E-state index in [-0.39, 0.29) is 17.9 Å². The van der Waals surface area contributed by atoms with Gasteiger partial charge in [-0.3, -0.25) is 9.59 Å².